The van der Waals surface area contributed by atoms with E-state index in [-0.39, 0.29) is 11.9 Å². The van der Waals surface area contributed by atoms with E-state index in [1.54, 1.807) is 23.3 Å². The molecule has 4 heterocycles. The van der Waals surface area contributed by atoms with Crippen LogP contribution in [0.3, 0.4) is 0 Å². The molecule has 1 atom stereocenters. The normalized spacial score (nSPS) is 17.9. The van der Waals surface area contributed by atoms with Crippen LogP contribution in [0.2, 0.25) is 0 Å². The summed E-state index contributed by atoms with van der Waals surface area (Å²) in [5, 5.41) is 3.84. The van der Waals surface area contributed by atoms with Crippen LogP contribution >= 0.6 is 11.5 Å². The van der Waals surface area contributed by atoms with E-state index < -0.39 is 0 Å². The van der Waals surface area contributed by atoms with Gasteiger partial charge in [0.15, 0.2) is 11.5 Å². The van der Waals surface area contributed by atoms with Gasteiger partial charge in [0.2, 0.25) is 17.0 Å². The fourth-order valence-electron chi connectivity index (χ4n) is 3.77. The van der Waals surface area contributed by atoms with E-state index in [1.165, 1.54) is 11.5 Å². The molecule has 0 aliphatic carbocycles. The number of hydrogen-bond donors (Lipinski definition) is 1. The summed E-state index contributed by atoms with van der Waals surface area (Å²) in [6.07, 6.45) is 7.67. The average Bonchev–Trinajstić information content (AvgIpc) is 3.54. The molecule has 5 rings (SSSR count). The maximum absolute atomic E-state index is 12.8. The van der Waals surface area contributed by atoms with E-state index in [2.05, 4.69) is 24.6 Å². The van der Waals surface area contributed by atoms with E-state index in [0.717, 1.165) is 48.0 Å². The van der Waals surface area contributed by atoms with Gasteiger partial charge in [0.05, 0.1) is 0 Å². The lowest BCUT2D eigenvalue weighted by molar-refractivity contribution is -0.122. The number of aromatic nitrogens is 4. The van der Waals surface area contributed by atoms with E-state index in [4.69, 9.17) is 9.47 Å². The van der Waals surface area contributed by atoms with Crippen molar-refractivity contribution >= 4 is 22.6 Å². The number of anilines is 1. The molecule has 2 aliphatic heterocycles. The minimum absolute atomic E-state index is 0.0319. The number of benzene rings is 1. The van der Waals surface area contributed by atoms with Crippen LogP contribution in [0.4, 0.5) is 5.13 Å². The highest BCUT2D eigenvalue weighted by atomic mass is 32.1. The molecule has 0 spiro atoms. The Labute approximate surface area is 177 Å². The first-order valence-electron chi connectivity index (χ1n) is 10.0. The minimum atomic E-state index is -0.214. The van der Waals surface area contributed by atoms with E-state index in [9.17, 15) is 4.79 Å². The van der Waals surface area contributed by atoms with Gasteiger partial charge in [-0.25, -0.2) is 4.98 Å². The second kappa shape index (κ2) is 8.31. The minimum Gasteiger partial charge on any atom is -0.486 e. The highest BCUT2D eigenvalue weighted by Crippen LogP contribution is 2.31. The van der Waals surface area contributed by atoms with Gasteiger partial charge in [0.1, 0.15) is 25.6 Å². The van der Waals surface area contributed by atoms with Crippen molar-refractivity contribution in [1.82, 2.24) is 24.2 Å². The molecule has 1 aromatic carbocycles. The van der Waals surface area contributed by atoms with Gasteiger partial charge in [-0.1, -0.05) is 6.07 Å². The average molecular weight is 427 g/mol. The van der Waals surface area contributed by atoms with Crippen LogP contribution in [0.15, 0.2) is 36.9 Å². The number of rotatable bonds is 6. The van der Waals surface area contributed by atoms with Crippen LogP contribution in [0.5, 0.6) is 11.5 Å². The smallest absolute Gasteiger partial charge is 0.248 e. The molecule has 1 saturated heterocycles. The van der Waals surface area contributed by atoms with Crippen molar-refractivity contribution in [3.8, 4) is 17.4 Å². The Morgan fingerprint density at radius 1 is 1.27 bits per heavy atom. The first kappa shape index (κ1) is 18.9. The van der Waals surface area contributed by atoms with Crippen LogP contribution in [-0.4, -0.2) is 57.2 Å². The molecule has 0 radical (unpaired) electrons. The molecule has 1 fully saturated rings. The van der Waals surface area contributed by atoms with E-state index in [1.807, 2.05) is 18.2 Å². The number of imidazole rings is 1. The maximum Gasteiger partial charge on any atom is 0.248 e. The second-order valence-corrected chi connectivity index (χ2v) is 7.95. The summed E-state index contributed by atoms with van der Waals surface area (Å²) in [5.74, 6) is 2.17. The lowest BCUT2D eigenvalue weighted by Gasteiger charge is -2.22. The third kappa shape index (κ3) is 3.82. The van der Waals surface area contributed by atoms with Gasteiger partial charge in [0, 0.05) is 37.0 Å². The molecule has 1 N–H and O–H groups in total. The number of hydrogen-bond acceptors (Lipinski definition) is 8. The first-order valence-corrected chi connectivity index (χ1v) is 10.8. The quantitative estimate of drug-likeness (QED) is 0.643. The summed E-state index contributed by atoms with van der Waals surface area (Å²) in [6, 6.07) is 5.72. The van der Waals surface area contributed by atoms with Gasteiger partial charge in [0.25, 0.3) is 0 Å². The summed E-state index contributed by atoms with van der Waals surface area (Å²) < 4.78 is 17.3. The Kier molecular flexibility index (Phi) is 5.22. The van der Waals surface area contributed by atoms with Crippen LogP contribution in [0, 0.1) is 0 Å². The van der Waals surface area contributed by atoms with Gasteiger partial charge in [-0.2, -0.15) is 9.36 Å². The molecule has 9 nitrogen and oxygen atoms in total. The third-order valence-electron chi connectivity index (χ3n) is 5.26. The first-order chi connectivity index (χ1) is 14.8. The second-order valence-electron chi connectivity index (χ2n) is 7.22. The number of ether oxygens (including phenoxy) is 2. The lowest BCUT2D eigenvalue weighted by atomic mass is 10.1. The highest BCUT2D eigenvalue weighted by Gasteiger charge is 2.32. The zero-order valence-electron chi connectivity index (χ0n) is 16.4. The lowest BCUT2D eigenvalue weighted by Crippen LogP contribution is -2.44. The number of carbonyl (C=O) groups is 1. The highest BCUT2D eigenvalue weighted by molar-refractivity contribution is 7.09. The Balaban J connectivity index is 1.18. The van der Waals surface area contributed by atoms with Gasteiger partial charge in [-0.05, 0) is 37.0 Å². The fourth-order valence-corrected chi connectivity index (χ4v) is 4.51. The Morgan fingerprint density at radius 3 is 3.03 bits per heavy atom. The molecule has 2 aliphatic rings. The summed E-state index contributed by atoms with van der Waals surface area (Å²) in [6.45, 7) is 2.52. The Morgan fingerprint density at radius 2 is 2.17 bits per heavy atom. The largest absolute Gasteiger partial charge is 0.486 e. The van der Waals surface area contributed by atoms with Crippen molar-refractivity contribution in [3.63, 3.8) is 0 Å². The van der Waals surface area contributed by atoms with Gasteiger partial charge in [-0.15, -0.1) is 0 Å². The predicted octanol–water partition coefficient (Wildman–Crippen LogP) is 1.82. The molecule has 0 bridgehead atoms. The Bertz CT molecular complexity index is 1020. The summed E-state index contributed by atoms with van der Waals surface area (Å²) in [4.78, 5) is 23.5. The summed E-state index contributed by atoms with van der Waals surface area (Å²) in [7, 11) is 0. The molecule has 3 aromatic rings. The molecule has 1 amide bonds. The molecule has 0 saturated carbocycles. The zero-order chi connectivity index (χ0) is 20.3. The molecule has 156 valence electrons. The van der Waals surface area contributed by atoms with E-state index in [0.29, 0.717) is 25.7 Å². The Hall–Kier alpha value is -3.14. The molecular formula is C20H22N6O3S. The van der Waals surface area contributed by atoms with Crippen molar-refractivity contribution in [2.75, 3.05) is 31.2 Å². The van der Waals surface area contributed by atoms with Crippen molar-refractivity contribution in [3.05, 3.63) is 42.5 Å². The standard InChI is InChI=1S/C20H22N6O3S/c27-18(22-6-5-14-3-4-16-17(12-14)29-11-10-28-16)15-2-1-8-26(15)20-23-19(24-30-20)25-9-7-21-13-25/h3-4,7,9,12-13,15H,1-2,5-6,8,10-11H2,(H,22,27). The topological polar surface area (TPSA) is 94.4 Å². The maximum atomic E-state index is 12.8. The van der Waals surface area contributed by atoms with Gasteiger partial charge < -0.3 is 19.7 Å². The summed E-state index contributed by atoms with van der Waals surface area (Å²) >= 11 is 1.31. The molecule has 30 heavy (non-hydrogen) atoms. The number of carbonyl (C=O) groups excluding carboxylic acids is 1. The van der Waals surface area contributed by atoms with Crippen molar-refractivity contribution in [2.45, 2.75) is 25.3 Å². The molecule has 1 unspecified atom stereocenters. The van der Waals surface area contributed by atoms with E-state index >= 15 is 0 Å². The summed E-state index contributed by atoms with van der Waals surface area (Å²) in [5.41, 5.74) is 1.11. The zero-order valence-corrected chi connectivity index (χ0v) is 17.2. The third-order valence-corrected chi connectivity index (χ3v) is 6.00. The van der Waals surface area contributed by atoms with Crippen molar-refractivity contribution in [2.24, 2.45) is 0 Å². The molecular weight excluding hydrogens is 404 g/mol. The van der Waals surface area contributed by atoms with Gasteiger partial charge >= 0.3 is 0 Å². The number of fused-ring (bicyclic) bond motifs is 1. The monoisotopic (exact) mass is 426 g/mol. The van der Waals surface area contributed by atoms with Crippen LogP contribution in [0.1, 0.15) is 18.4 Å². The van der Waals surface area contributed by atoms with Crippen LogP contribution < -0.4 is 19.7 Å². The SMILES string of the molecule is O=C(NCCc1ccc2c(c1)OCCO2)C1CCCN1c1nc(-n2ccnc2)ns1. The predicted molar refractivity (Wildman–Crippen MR) is 112 cm³/mol. The molecule has 2 aromatic heterocycles. The number of nitrogens with one attached hydrogen (secondary N) is 1. The van der Waals surface area contributed by atoms with Crippen molar-refractivity contribution in [1.29, 1.82) is 0 Å². The van der Waals surface area contributed by atoms with Gasteiger partial charge in [-0.3, -0.25) is 9.36 Å². The fraction of sp³-hybridized carbons (Fsp3) is 0.400. The molecule has 10 heteroatoms. The van der Waals surface area contributed by atoms with Crippen LogP contribution in [0.25, 0.3) is 5.95 Å². The van der Waals surface area contributed by atoms with Crippen molar-refractivity contribution < 1.29 is 14.3 Å². The number of nitrogens with zero attached hydrogens (tertiary/aromatic N) is 5. The number of amides is 1. The van der Waals surface area contributed by atoms with Crippen LogP contribution in [-0.2, 0) is 11.2 Å².